The van der Waals surface area contributed by atoms with Gasteiger partial charge in [-0.2, -0.15) is 11.8 Å². The van der Waals surface area contributed by atoms with Crippen molar-refractivity contribution in [2.24, 2.45) is 11.8 Å². The van der Waals surface area contributed by atoms with Gasteiger partial charge in [-0.05, 0) is 43.8 Å². The van der Waals surface area contributed by atoms with Crippen LogP contribution >= 0.6 is 24.0 Å². The molecular formula is C23H46S2. The lowest BCUT2D eigenvalue weighted by Gasteiger charge is -2.34. The topological polar surface area (TPSA) is 0 Å². The second-order valence-corrected chi connectivity index (χ2v) is 9.24. The van der Waals surface area contributed by atoms with Gasteiger partial charge in [0.25, 0.3) is 0 Å². The molecule has 25 heavy (non-hydrogen) atoms. The van der Waals surface area contributed by atoms with Crippen LogP contribution in [0.2, 0.25) is 0 Å². The van der Waals surface area contributed by atoms with Gasteiger partial charge >= 0.3 is 0 Å². The highest BCUT2D eigenvalue weighted by atomic mass is 32.2. The molecule has 0 spiro atoms. The molecule has 0 aromatic heterocycles. The van der Waals surface area contributed by atoms with E-state index in [1.807, 2.05) is 11.8 Å². The van der Waals surface area contributed by atoms with E-state index in [0.717, 1.165) is 11.8 Å². The van der Waals surface area contributed by atoms with Crippen LogP contribution in [0.25, 0.3) is 0 Å². The van der Waals surface area contributed by atoms with Crippen molar-refractivity contribution in [3.8, 4) is 0 Å². The summed E-state index contributed by atoms with van der Waals surface area (Å²) < 4.78 is 0. The van der Waals surface area contributed by atoms with Gasteiger partial charge in [0.05, 0.1) is 0 Å². The molecule has 2 aliphatic rings. The summed E-state index contributed by atoms with van der Waals surface area (Å²) in [5, 5.41) is 0.688. The van der Waals surface area contributed by atoms with Gasteiger partial charge in [-0.25, -0.2) is 0 Å². The fourth-order valence-corrected chi connectivity index (χ4v) is 5.40. The molecule has 0 aromatic rings. The van der Waals surface area contributed by atoms with Crippen LogP contribution in [-0.4, -0.2) is 16.4 Å². The average molecular weight is 387 g/mol. The molecule has 0 bridgehead atoms. The molecule has 150 valence electrons. The van der Waals surface area contributed by atoms with Crippen molar-refractivity contribution in [1.82, 2.24) is 0 Å². The molecule has 1 atom stereocenters. The van der Waals surface area contributed by atoms with Gasteiger partial charge in [0.15, 0.2) is 0 Å². The largest absolute Gasteiger partial charge is 0.156 e. The predicted octanol–water partition coefficient (Wildman–Crippen LogP) is 8.86. The third-order valence-corrected chi connectivity index (χ3v) is 7.50. The molecule has 0 radical (unpaired) electrons. The normalized spacial score (nSPS) is 19.9. The van der Waals surface area contributed by atoms with E-state index in [-0.39, 0.29) is 0 Å². The molecule has 2 heteroatoms. The first-order valence-corrected chi connectivity index (χ1v) is 12.9. The average Bonchev–Trinajstić information content (AvgIpc) is 2.70. The van der Waals surface area contributed by atoms with Crippen LogP contribution in [0.15, 0.2) is 0 Å². The number of hydrogen-bond donors (Lipinski definition) is 0. The summed E-state index contributed by atoms with van der Waals surface area (Å²) in [7, 11) is 0. The first-order chi connectivity index (χ1) is 12.2. The van der Waals surface area contributed by atoms with Crippen molar-refractivity contribution in [1.29, 1.82) is 0 Å². The van der Waals surface area contributed by atoms with E-state index in [2.05, 4.69) is 34.0 Å². The second-order valence-electron chi connectivity index (χ2n) is 7.79. The first kappa shape index (κ1) is 25.4. The van der Waals surface area contributed by atoms with E-state index in [1.165, 1.54) is 94.8 Å². The molecule has 0 nitrogen and oxygen atoms in total. The zero-order chi connectivity index (χ0) is 18.9. The van der Waals surface area contributed by atoms with Crippen LogP contribution in [0.5, 0.6) is 0 Å². The van der Waals surface area contributed by atoms with Gasteiger partial charge in [0.1, 0.15) is 0 Å². The highest BCUT2D eigenvalue weighted by Gasteiger charge is 2.30. The van der Waals surface area contributed by atoms with Gasteiger partial charge in [-0.3, -0.25) is 0 Å². The van der Waals surface area contributed by atoms with E-state index < -0.39 is 0 Å². The Kier molecular flexibility index (Phi) is 18.1. The summed E-state index contributed by atoms with van der Waals surface area (Å²) in [6, 6.07) is 0. The lowest BCUT2D eigenvalue weighted by molar-refractivity contribution is 0.365. The second kappa shape index (κ2) is 17.8. The molecule has 2 saturated carbocycles. The van der Waals surface area contributed by atoms with Gasteiger partial charge in [-0.1, -0.05) is 104 Å². The minimum atomic E-state index is 0.688. The van der Waals surface area contributed by atoms with Crippen LogP contribution < -0.4 is 0 Å². The Hall–Kier alpha value is 0.440. The maximum Gasteiger partial charge on any atom is 0.0389 e. The minimum Gasteiger partial charge on any atom is -0.156 e. The molecule has 2 fully saturated rings. The zero-order valence-electron chi connectivity index (χ0n) is 17.9. The molecule has 0 amide bonds. The molecule has 2 aliphatic carbocycles. The summed E-state index contributed by atoms with van der Waals surface area (Å²) in [6.07, 6.45) is 21.8. The summed E-state index contributed by atoms with van der Waals surface area (Å²) in [6.45, 7) is 8.72. The minimum absolute atomic E-state index is 0.688. The van der Waals surface area contributed by atoms with Crippen LogP contribution in [0.1, 0.15) is 118 Å². The fourth-order valence-electron chi connectivity index (χ4n) is 3.60. The number of thiocarbonyl (C=S) groups is 1. The smallest absolute Gasteiger partial charge is 0.0389 e. The molecular weight excluding hydrogens is 340 g/mol. The van der Waals surface area contributed by atoms with Gasteiger partial charge in [0.2, 0.25) is 0 Å². The third-order valence-electron chi connectivity index (χ3n) is 5.62. The lowest BCUT2D eigenvalue weighted by Crippen LogP contribution is -2.32. The maximum atomic E-state index is 5.85. The van der Waals surface area contributed by atoms with Crippen molar-refractivity contribution in [3.05, 3.63) is 0 Å². The molecule has 0 saturated heterocycles. The Bertz CT molecular complexity index is 280. The summed E-state index contributed by atoms with van der Waals surface area (Å²) in [4.78, 5) is 1.43. The first-order valence-electron chi connectivity index (χ1n) is 11.2. The van der Waals surface area contributed by atoms with E-state index in [1.54, 1.807) is 0 Å². The number of rotatable bonds is 6. The van der Waals surface area contributed by atoms with Crippen molar-refractivity contribution < 1.29 is 0 Å². The monoisotopic (exact) mass is 386 g/mol. The third kappa shape index (κ3) is 11.7. The quantitative estimate of drug-likeness (QED) is 0.418. The van der Waals surface area contributed by atoms with E-state index in [4.69, 9.17) is 12.2 Å². The van der Waals surface area contributed by atoms with Crippen LogP contribution in [-0.2, 0) is 0 Å². The van der Waals surface area contributed by atoms with Crippen LogP contribution in [0.4, 0.5) is 0 Å². The molecule has 2 rings (SSSR count). The lowest BCUT2D eigenvalue weighted by atomic mass is 9.79. The Labute approximate surface area is 169 Å². The molecule has 0 aliphatic heterocycles. The summed E-state index contributed by atoms with van der Waals surface area (Å²) >= 11 is 7.89. The fraction of sp³-hybridized carbons (Fsp3) is 0.957. The Morgan fingerprint density at radius 3 is 1.52 bits per heavy atom. The van der Waals surface area contributed by atoms with Gasteiger partial charge in [-0.15, -0.1) is 0 Å². The van der Waals surface area contributed by atoms with Gasteiger partial charge in [0, 0.05) is 10.1 Å². The standard InChI is InChI=1S/C15H26S2.2C4H10/c1-17-15(13-10-6-3-7-11-13)14(16)12-8-4-2-5-9-12;2*1-3-4-2/h12-13,15H,2-11H2,1H3;2*3-4H2,1-2H3. The molecule has 0 aromatic carbocycles. The highest BCUT2D eigenvalue weighted by Crippen LogP contribution is 2.37. The number of thioether (sulfide) groups is 1. The van der Waals surface area contributed by atoms with Crippen LogP contribution in [0.3, 0.4) is 0 Å². The summed E-state index contributed by atoms with van der Waals surface area (Å²) in [5.41, 5.74) is 0. The Morgan fingerprint density at radius 2 is 1.16 bits per heavy atom. The zero-order valence-corrected chi connectivity index (χ0v) is 19.6. The highest BCUT2D eigenvalue weighted by molar-refractivity contribution is 8.01. The Morgan fingerprint density at radius 1 is 0.760 bits per heavy atom. The Balaban J connectivity index is 0.000000609. The van der Waals surface area contributed by atoms with E-state index in [0.29, 0.717) is 5.25 Å². The van der Waals surface area contributed by atoms with Crippen molar-refractivity contribution >= 4 is 28.8 Å². The van der Waals surface area contributed by atoms with E-state index >= 15 is 0 Å². The SMILES string of the molecule is CCCC.CCCC.CSC(C(=S)C1CCCCC1)C1CCCCC1. The molecule has 1 unspecified atom stereocenters. The van der Waals surface area contributed by atoms with Crippen molar-refractivity contribution in [2.45, 2.75) is 123 Å². The van der Waals surface area contributed by atoms with Gasteiger partial charge < -0.3 is 0 Å². The summed E-state index contributed by atoms with van der Waals surface area (Å²) in [5.74, 6) is 1.67. The van der Waals surface area contributed by atoms with E-state index in [9.17, 15) is 0 Å². The van der Waals surface area contributed by atoms with Crippen LogP contribution in [0, 0.1) is 11.8 Å². The predicted molar refractivity (Wildman–Crippen MR) is 124 cm³/mol. The molecule has 0 N–H and O–H groups in total. The molecule has 0 heterocycles. The maximum absolute atomic E-state index is 5.85. The number of hydrogen-bond acceptors (Lipinski definition) is 2. The number of unbranched alkanes of at least 4 members (excludes halogenated alkanes) is 2. The van der Waals surface area contributed by atoms with Crippen molar-refractivity contribution in [3.63, 3.8) is 0 Å². The van der Waals surface area contributed by atoms with Crippen molar-refractivity contribution in [2.75, 3.05) is 6.26 Å².